The van der Waals surface area contributed by atoms with Gasteiger partial charge in [-0.15, -0.1) is 0 Å². The molecule has 7 heteroatoms. The van der Waals surface area contributed by atoms with Crippen LogP contribution in [0.25, 0.3) is 6.08 Å². The number of nitro benzene ring substituents is 1. The van der Waals surface area contributed by atoms with E-state index >= 15 is 0 Å². The van der Waals surface area contributed by atoms with Gasteiger partial charge in [0, 0.05) is 29.5 Å². The molecule has 156 valence electrons. The van der Waals surface area contributed by atoms with Crippen LogP contribution >= 0.6 is 0 Å². The highest BCUT2D eigenvalue weighted by Gasteiger charge is 2.11. The smallest absolute Gasteiger partial charge is 0.270 e. The number of nitrogens with zero attached hydrogens (tertiary/aromatic N) is 1. The van der Waals surface area contributed by atoms with Crippen LogP contribution in [0.1, 0.15) is 34.5 Å². The quantitative estimate of drug-likeness (QED) is 0.331. The van der Waals surface area contributed by atoms with E-state index in [-0.39, 0.29) is 23.5 Å². The molecular formula is C24H21N3O4. The van der Waals surface area contributed by atoms with Gasteiger partial charge in [0.1, 0.15) is 0 Å². The first-order chi connectivity index (χ1) is 14.9. The number of anilines is 1. The third kappa shape index (κ3) is 6.11. The van der Waals surface area contributed by atoms with Gasteiger partial charge in [-0.3, -0.25) is 19.7 Å². The first kappa shape index (κ1) is 21.4. The van der Waals surface area contributed by atoms with Crippen LogP contribution in [0.2, 0.25) is 0 Å². The lowest BCUT2D eigenvalue weighted by Crippen LogP contribution is -2.26. The summed E-state index contributed by atoms with van der Waals surface area (Å²) in [6.45, 7) is 1.91. The summed E-state index contributed by atoms with van der Waals surface area (Å²) in [6.07, 6.45) is 2.79. The van der Waals surface area contributed by atoms with Gasteiger partial charge in [0.2, 0.25) is 5.91 Å². The van der Waals surface area contributed by atoms with E-state index < -0.39 is 4.92 Å². The molecule has 0 fully saturated rings. The molecule has 3 rings (SSSR count). The molecule has 7 nitrogen and oxygen atoms in total. The fraction of sp³-hybridized carbons (Fsp3) is 0.0833. The molecule has 0 aliphatic carbocycles. The lowest BCUT2D eigenvalue weighted by Gasteiger charge is -2.14. The number of non-ortho nitro benzene ring substituents is 1. The van der Waals surface area contributed by atoms with E-state index in [1.807, 2.05) is 37.3 Å². The highest BCUT2D eigenvalue weighted by atomic mass is 16.6. The summed E-state index contributed by atoms with van der Waals surface area (Å²) in [5.74, 6) is -0.596. The Kier molecular flexibility index (Phi) is 6.90. The van der Waals surface area contributed by atoms with Crippen LogP contribution < -0.4 is 10.6 Å². The zero-order chi connectivity index (χ0) is 22.2. The van der Waals surface area contributed by atoms with Gasteiger partial charge in [-0.25, -0.2) is 0 Å². The fourth-order valence-corrected chi connectivity index (χ4v) is 2.91. The monoisotopic (exact) mass is 415 g/mol. The Bertz CT molecular complexity index is 1110. The van der Waals surface area contributed by atoms with Crippen LogP contribution in [0.15, 0.2) is 84.9 Å². The molecule has 0 aromatic heterocycles. The average Bonchev–Trinajstić information content (AvgIpc) is 2.79. The van der Waals surface area contributed by atoms with Gasteiger partial charge >= 0.3 is 0 Å². The number of hydrogen-bond donors (Lipinski definition) is 2. The summed E-state index contributed by atoms with van der Waals surface area (Å²) in [5.41, 5.74) is 2.52. The van der Waals surface area contributed by atoms with Crippen LogP contribution in [0.4, 0.5) is 11.4 Å². The maximum absolute atomic E-state index is 12.4. The predicted molar refractivity (Wildman–Crippen MR) is 120 cm³/mol. The standard InChI is InChI=1S/C24H21N3O4/c1-17(19-7-3-2-4-8-19)25-24(29)20-11-13-21(14-12-20)26-23(28)15-10-18-6-5-9-22(16-18)27(30)31/h2-17H,1H3,(H,25,29)(H,26,28)/b15-10+. The molecule has 0 radical (unpaired) electrons. The van der Waals surface area contributed by atoms with Gasteiger partial charge in [0.15, 0.2) is 0 Å². The summed E-state index contributed by atoms with van der Waals surface area (Å²) >= 11 is 0. The van der Waals surface area contributed by atoms with Crippen molar-refractivity contribution in [3.05, 3.63) is 112 Å². The van der Waals surface area contributed by atoms with Gasteiger partial charge in [0.25, 0.3) is 11.6 Å². The minimum absolute atomic E-state index is 0.0435. The maximum Gasteiger partial charge on any atom is 0.270 e. The second kappa shape index (κ2) is 9.98. The van der Waals surface area contributed by atoms with Crippen molar-refractivity contribution in [1.29, 1.82) is 0 Å². The number of hydrogen-bond acceptors (Lipinski definition) is 4. The highest BCUT2D eigenvalue weighted by Crippen LogP contribution is 2.16. The number of carbonyl (C=O) groups is 2. The van der Waals surface area contributed by atoms with Crippen molar-refractivity contribution >= 4 is 29.3 Å². The number of carbonyl (C=O) groups excluding carboxylic acids is 2. The first-order valence-corrected chi connectivity index (χ1v) is 9.62. The highest BCUT2D eigenvalue weighted by molar-refractivity contribution is 6.02. The van der Waals surface area contributed by atoms with E-state index in [9.17, 15) is 19.7 Å². The zero-order valence-electron chi connectivity index (χ0n) is 16.8. The normalized spacial score (nSPS) is 11.6. The third-order valence-electron chi connectivity index (χ3n) is 4.57. The Morgan fingerprint density at radius 3 is 2.35 bits per heavy atom. The summed E-state index contributed by atoms with van der Waals surface area (Å²) in [7, 11) is 0. The van der Waals surface area contributed by atoms with Crippen LogP contribution in [0.5, 0.6) is 0 Å². The zero-order valence-corrected chi connectivity index (χ0v) is 16.8. The van der Waals surface area contributed by atoms with Crippen molar-refractivity contribution in [2.24, 2.45) is 0 Å². The Morgan fingerprint density at radius 2 is 1.68 bits per heavy atom. The molecule has 0 bridgehead atoms. The summed E-state index contributed by atoms with van der Waals surface area (Å²) < 4.78 is 0. The molecule has 0 aliphatic rings. The molecule has 2 amide bonds. The Morgan fingerprint density at radius 1 is 0.968 bits per heavy atom. The molecule has 0 saturated carbocycles. The first-order valence-electron chi connectivity index (χ1n) is 9.62. The van der Waals surface area contributed by atoms with Crippen molar-refractivity contribution in [3.8, 4) is 0 Å². The Hall–Kier alpha value is -4.26. The van der Waals surface area contributed by atoms with E-state index in [1.54, 1.807) is 36.4 Å². The minimum atomic E-state index is -0.490. The molecular weight excluding hydrogens is 394 g/mol. The van der Waals surface area contributed by atoms with Gasteiger partial charge in [-0.2, -0.15) is 0 Å². The van der Waals surface area contributed by atoms with Crippen molar-refractivity contribution in [2.45, 2.75) is 13.0 Å². The van der Waals surface area contributed by atoms with E-state index in [1.165, 1.54) is 24.3 Å². The lowest BCUT2D eigenvalue weighted by molar-refractivity contribution is -0.384. The summed E-state index contributed by atoms with van der Waals surface area (Å²) in [4.78, 5) is 34.9. The number of amides is 2. The van der Waals surface area contributed by atoms with E-state index in [0.717, 1.165) is 5.56 Å². The number of benzene rings is 3. The molecule has 0 aliphatic heterocycles. The molecule has 1 atom stereocenters. The molecule has 31 heavy (non-hydrogen) atoms. The molecule has 3 aromatic carbocycles. The van der Waals surface area contributed by atoms with Crippen molar-refractivity contribution in [1.82, 2.24) is 5.32 Å². The van der Waals surface area contributed by atoms with Gasteiger partial charge in [0.05, 0.1) is 11.0 Å². The predicted octanol–water partition coefficient (Wildman–Crippen LogP) is 4.74. The van der Waals surface area contributed by atoms with E-state index in [0.29, 0.717) is 16.8 Å². The SMILES string of the molecule is CC(NC(=O)c1ccc(NC(=O)/C=C/c2cccc([N+](=O)[O-])c2)cc1)c1ccccc1. The molecule has 1 unspecified atom stereocenters. The summed E-state index contributed by atoms with van der Waals surface area (Å²) in [5, 5.41) is 16.4. The maximum atomic E-state index is 12.4. The average molecular weight is 415 g/mol. The topological polar surface area (TPSA) is 101 Å². The van der Waals surface area contributed by atoms with Gasteiger partial charge in [-0.1, -0.05) is 42.5 Å². The molecule has 0 heterocycles. The van der Waals surface area contributed by atoms with E-state index in [4.69, 9.17) is 0 Å². The molecule has 0 spiro atoms. The number of rotatable bonds is 7. The molecule has 2 N–H and O–H groups in total. The van der Waals surface area contributed by atoms with Crippen molar-refractivity contribution < 1.29 is 14.5 Å². The van der Waals surface area contributed by atoms with Gasteiger partial charge in [-0.05, 0) is 48.4 Å². The second-order valence-corrected chi connectivity index (χ2v) is 6.86. The van der Waals surface area contributed by atoms with Crippen LogP contribution in [-0.2, 0) is 4.79 Å². The van der Waals surface area contributed by atoms with Crippen LogP contribution in [0, 0.1) is 10.1 Å². The van der Waals surface area contributed by atoms with Crippen LogP contribution in [0.3, 0.4) is 0 Å². The van der Waals surface area contributed by atoms with Crippen molar-refractivity contribution in [2.75, 3.05) is 5.32 Å². The molecule has 0 saturated heterocycles. The minimum Gasteiger partial charge on any atom is -0.346 e. The van der Waals surface area contributed by atoms with Crippen LogP contribution in [-0.4, -0.2) is 16.7 Å². The largest absolute Gasteiger partial charge is 0.346 e. The third-order valence-corrected chi connectivity index (χ3v) is 4.57. The lowest BCUT2D eigenvalue weighted by atomic mass is 10.1. The number of nitrogens with one attached hydrogen (secondary N) is 2. The molecule has 3 aromatic rings. The van der Waals surface area contributed by atoms with Crippen molar-refractivity contribution in [3.63, 3.8) is 0 Å². The van der Waals surface area contributed by atoms with E-state index in [2.05, 4.69) is 10.6 Å². The number of nitro groups is 1. The Labute approximate surface area is 179 Å². The van der Waals surface area contributed by atoms with Gasteiger partial charge < -0.3 is 10.6 Å². The second-order valence-electron chi connectivity index (χ2n) is 6.86. The summed E-state index contributed by atoms with van der Waals surface area (Å²) in [6, 6.07) is 22.1. The fourth-order valence-electron chi connectivity index (χ4n) is 2.91. The Balaban J connectivity index is 1.57.